The molecule has 3 aromatic rings. The fourth-order valence-corrected chi connectivity index (χ4v) is 3.87. The van der Waals surface area contributed by atoms with E-state index < -0.39 is 0 Å². The summed E-state index contributed by atoms with van der Waals surface area (Å²) in [6.45, 7) is 1.44. The summed E-state index contributed by atoms with van der Waals surface area (Å²) in [5.41, 5.74) is 2.89. The van der Waals surface area contributed by atoms with Gasteiger partial charge in [0.25, 0.3) is 5.91 Å². The molecular formula is C24H23N5O. The molecule has 0 radical (unpaired) electrons. The van der Waals surface area contributed by atoms with Gasteiger partial charge in [0.1, 0.15) is 0 Å². The van der Waals surface area contributed by atoms with Crippen molar-refractivity contribution in [2.45, 2.75) is 25.3 Å². The predicted molar refractivity (Wildman–Crippen MR) is 117 cm³/mol. The molecule has 0 spiro atoms. The zero-order chi connectivity index (χ0) is 20.8. The number of fused-ring (bicyclic) bond motifs is 1. The van der Waals surface area contributed by atoms with E-state index in [4.69, 9.17) is 5.26 Å². The number of carbonyl (C=O) groups is 1. The molecule has 0 atom stereocenters. The van der Waals surface area contributed by atoms with Gasteiger partial charge in [0.05, 0.1) is 6.07 Å². The Kier molecular flexibility index (Phi) is 6.00. The van der Waals surface area contributed by atoms with Gasteiger partial charge in [0, 0.05) is 66.6 Å². The van der Waals surface area contributed by atoms with Crippen molar-refractivity contribution in [3.8, 4) is 6.07 Å². The van der Waals surface area contributed by atoms with Crippen LogP contribution in [0.1, 0.15) is 28.8 Å². The third-order valence-electron chi connectivity index (χ3n) is 5.43. The smallest absolute Gasteiger partial charge is 0.253 e. The molecule has 0 unspecified atom stereocenters. The number of rotatable bonds is 5. The molecule has 3 heterocycles. The number of likely N-dealkylation sites (tertiary alicyclic amines) is 1. The van der Waals surface area contributed by atoms with Crippen LogP contribution in [0.2, 0.25) is 0 Å². The van der Waals surface area contributed by atoms with Crippen molar-refractivity contribution in [1.29, 1.82) is 5.26 Å². The Hall–Kier alpha value is -3.72. The number of nitriles is 1. The van der Waals surface area contributed by atoms with Crippen LogP contribution in [-0.2, 0) is 6.42 Å². The second kappa shape index (κ2) is 9.19. The maximum absolute atomic E-state index is 12.6. The summed E-state index contributed by atoms with van der Waals surface area (Å²) in [5, 5.41) is 14.6. The normalized spacial score (nSPS) is 14.7. The van der Waals surface area contributed by atoms with Crippen LogP contribution in [0.5, 0.6) is 0 Å². The van der Waals surface area contributed by atoms with E-state index >= 15 is 0 Å². The molecule has 1 N–H and O–H groups in total. The molecule has 150 valence electrons. The number of hydrogen-bond donors (Lipinski definition) is 1. The number of benzene rings is 1. The van der Waals surface area contributed by atoms with Crippen molar-refractivity contribution in [1.82, 2.24) is 14.9 Å². The van der Waals surface area contributed by atoms with E-state index in [0.717, 1.165) is 48.0 Å². The van der Waals surface area contributed by atoms with Gasteiger partial charge in [0.15, 0.2) is 0 Å². The first kappa shape index (κ1) is 19.6. The lowest BCUT2D eigenvalue weighted by Crippen LogP contribution is -2.42. The molecular weight excluding hydrogens is 374 g/mol. The average molecular weight is 397 g/mol. The average Bonchev–Trinajstić information content (AvgIpc) is 2.80. The topological polar surface area (TPSA) is 81.9 Å². The lowest BCUT2D eigenvalue weighted by atomic mass is 10.0. The summed E-state index contributed by atoms with van der Waals surface area (Å²) in [6, 6.07) is 12.1. The quantitative estimate of drug-likeness (QED) is 0.659. The second-order valence-electron chi connectivity index (χ2n) is 7.42. The van der Waals surface area contributed by atoms with E-state index in [2.05, 4.69) is 27.4 Å². The maximum Gasteiger partial charge on any atom is 0.253 e. The standard InChI is InChI=1S/C24H23N5O/c25-9-2-1-3-18-15-20-6-12-27-17-22(20)23(16-18)28-21-7-13-29(14-8-21)24(30)19-4-10-26-11-5-19/h1-2,4-6,10-12,15-17,21,28H,3,7-8,13-14H2/b2-1+. The monoisotopic (exact) mass is 397 g/mol. The molecule has 1 aromatic carbocycles. The van der Waals surface area contributed by atoms with Crippen LogP contribution in [0, 0.1) is 11.3 Å². The van der Waals surface area contributed by atoms with Gasteiger partial charge in [-0.25, -0.2) is 0 Å². The number of piperidine rings is 1. The molecule has 6 heteroatoms. The SMILES string of the molecule is N#C/C=C/Cc1cc(NC2CCN(C(=O)c3ccncc3)CC2)c2cnccc2c1. The molecule has 2 aromatic heterocycles. The Morgan fingerprint density at radius 3 is 2.70 bits per heavy atom. The molecule has 30 heavy (non-hydrogen) atoms. The van der Waals surface area contributed by atoms with E-state index in [1.165, 1.54) is 6.08 Å². The van der Waals surface area contributed by atoms with Crippen LogP contribution in [0.3, 0.4) is 0 Å². The van der Waals surface area contributed by atoms with Gasteiger partial charge < -0.3 is 10.2 Å². The van der Waals surface area contributed by atoms with Crippen LogP contribution in [0.4, 0.5) is 5.69 Å². The zero-order valence-corrected chi connectivity index (χ0v) is 16.7. The summed E-state index contributed by atoms with van der Waals surface area (Å²) in [4.78, 5) is 22.8. The lowest BCUT2D eigenvalue weighted by Gasteiger charge is -2.33. The number of carbonyl (C=O) groups excluding carboxylic acids is 1. The number of amides is 1. The highest BCUT2D eigenvalue weighted by atomic mass is 16.2. The van der Waals surface area contributed by atoms with Gasteiger partial charge in [-0.05, 0) is 54.5 Å². The third kappa shape index (κ3) is 4.47. The first-order valence-electron chi connectivity index (χ1n) is 10.1. The molecule has 1 aliphatic heterocycles. The minimum Gasteiger partial charge on any atom is -0.382 e. The molecule has 1 aliphatic rings. The van der Waals surface area contributed by atoms with Crippen molar-refractivity contribution in [2.75, 3.05) is 18.4 Å². The Labute approximate surface area is 175 Å². The minimum absolute atomic E-state index is 0.0665. The Morgan fingerprint density at radius 2 is 1.93 bits per heavy atom. The van der Waals surface area contributed by atoms with Crippen molar-refractivity contribution in [2.24, 2.45) is 0 Å². The molecule has 0 aliphatic carbocycles. The van der Waals surface area contributed by atoms with Crippen LogP contribution in [0.15, 0.2) is 67.3 Å². The fourth-order valence-electron chi connectivity index (χ4n) is 3.87. The lowest BCUT2D eigenvalue weighted by molar-refractivity contribution is 0.0718. The van der Waals surface area contributed by atoms with E-state index in [1.54, 1.807) is 30.7 Å². The summed E-state index contributed by atoms with van der Waals surface area (Å²) in [6.07, 6.45) is 12.8. The van der Waals surface area contributed by atoms with E-state index in [9.17, 15) is 4.79 Å². The van der Waals surface area contributed by atoms with Gasteiger partial charge in [0.2, 0.25) is 0 Å². The van der Waals surface area contributed by atoms with Gasteiger partial charge in [-0.3, -0.25) is 14.8 Å². The molecule has 6 nitrogen and oxygen atoms in total. The van der Waals surface area contributed by atoms with Crippen molar-refractivity contribution in [3.63, 3.8) is 0 Å². The number of aromatic nitrogens is 2. The van der Waals surface area contributed by atoms with Gasteiger partial charge in [-0.2, -0.15) is 5.26 Å². The highest BCUT2D eigenvalue weighted by molar-refractivity contribution is 5.95. The first-order chi connectivity index (χ1) is 14.7. The highest BCUT2D eigenvalue weighted by Gasteiger charge is 2.24. The number of pyridine rings is 2. The predicted octanol–water partition coefficient (Wildman–Crippen LogP) is 3.97. The minimum atomic E-state index is 0.0665. The third-order valence-corrected chi connectivity index (χ3v) is 5.43. The molecule has 4 rings (SSSR count). The largest absolute Gasteiger partial charge is 0.382 e. The van der Waals surface area contributed by atoms with E-state index in [-0.39, 0.29) is 5.91 Å². The molecule has 1 amide bonds. The van der Waals surface area contributed by atoms with Crippen LogP contribution < -0.4 is 5.32 Å². The summed E-state index contributed by atoms with van der Waals surface area (Å²) < 4.78 is 0. The Balaban J connectivity index is 1.46. The van der Waals surface area contributed by atoms with Gasteiger partial charge >= 0.3 is 0 Å². The zero-order valence-electron chi connectivity index (χ0n) is 16.7. The summed E-state index contributed by atoms with van der Waals surface area (Å²) in [7, 11) is 0. The van der Waals surface area contributed by atoms with E-state index in [1.807, 2.05) is 29.3 Å². The number of hydrogen-bond acceptors (Lipinski definition) is 5. The number of allylic oxidation sites excluding steroid dienone is 2. The molecule has 1 fully saturated rings. The van der Waals surface area contributed by atoms with Crippen LogP contribution in [0.25, 0.3) is 10.8 Å². The van der Waals surface area contributed by atoms with Gasteiger partial charge in [-0.1, -0.05) is 12.1 Å². The number of anilines is 1. The van der Waals surface area contributed by atoms with Crippen LogP contribution >= 0.6 is 0 Å². The summed E-state index contributed by atoms with van der Waals surface area (Å²) in [5.74, 6) is 0.0665. The second-order valence-corrected chi connectivity index (χ2v) is 7.42. The molecule has 1 saturated heterocycles. The summed E-state index contributed by atoms with van der Waals surface area (Å²) >= 11 is 0. The molecule has 0 bridgehead atoms. The molecule has 0 saturated carbocycles. The van der Waals surface area contributed by atoms with Crippen molar-refractivity contribution in [3.05, 3.63) is 78.4 Å². The van der Waals surface area contributed by atoms with Gasteiger partial charge in [-0.15, -0.1) is 0 Å². The van der Waals surface area contributed by atoms with E-state index in [0.29, 0.717) is 18.0 Å². The first-order valence-corrected chi connectivity index (χ1v) is 10.1. The Bertz CT molecular complexity index is 1100. The maximum atomic E-state index is 12.6. The fraction of sp³-hybridized carbons (Fsp3) is 0.250. The number of nitrogens with one attached hydrogen (secondary N) is 1. The van der Waals surface area contributed by atoms with Crippen molar-refractivity contribution >= 4 is 22.4 Å². The highest BCUT2D eigenvalue weighted by Crippen LogP contribution is 2.28. The van der Waals surface area contributed by atoms with Crippen molar-refractivity contribution < 1.29 is 4.79 Å². The number of nitrogens with zero attached hydrogens (tertiary/aromatic N) is 4. The Morgan fingerprint density at radius 1 is 1.17 bits per heavy atom. The van der Waals surface area contributed by atoms with Crippen LogP contribution in [-0.4, -0.2) is 39.9 Å².